The molecule has 1 amide bonds. The maximum Gasteiger partial charge on any atom is 0.387 e. The zero-order valence-electron chi connectivity index (χ0n) is 16.4. The van der Waals surface area contributed by atoms with Gasteiger partial charge in [-0.3, -0.25) is 4.79 Å². The van der Waals surface area contributed by atoms with E-state index in [9.17, 15) is 13.6 Å². The fourth-order valence-electron chi connectivity index (χ4n) is 2.37. The van der Waals surface area contributed by atoms with E-state index in [0.717, 1.165) is 0 Å². The summed E-state index contributed by atoms with van der Waals surface area (Å²) in [6, 6.07) is 9.46. The summed E-state index contributed by atoms with van der Waals surface area (Å²) < 4.78 is 45.3. The monoisotopic (exact) mass is 408 g/mol. The van der Waals surface area contributed by atoms with Gasteiger partial charge in [0.1, 0.15) is 5.75 Å². The number of halogens is 2. The van der Waals surface area contributed by atoms with Crippen LogP contribution in [0.5, 0.6) is 23.0 Å². The molecule has 0 aliphatic rings. The molecule has 9 heteroatoms. The second-order valence-corrected chi connectivity index (χ2v) is 6.02. The first-order chi connectivity index (χ1) is 13.8. The van der Waals surface area contributed by atoms with E-state index in [2.05, 4.69) is 15.3 Å². The largest absolute Gasteiger partial charge is 0.493 e. The topological polar surface area (TPSA) is 78.4 Å². The van der Waals surface area contributed by atoms with Crippen molar-refractivity contribution >= 4 is 12.1 Å². The van der Waals surface area contributed by atoms with Crippen molar-refractivity contribution in [1.82, 2.24) is 5.43 Å². The van der Waals surface area contributed by atoms with Gasteiger partial charge in [-0.05, 0) is 50.2 Å². The third kappa shape index (κ3) is 6.34. The first kappa shape index (κ1) is 21.9. The van der Waals surface area contributed by atoms with E-state index in [1.54, 1.807) is 24.3 Å². The van der Waals surface area contributed by atoms with Gasteiger partial charge in [-0.2, -0.15) is 13.9 Å². The third-order valence-electron chi connectivity index (χ3n) is 3.56. The quantitative estimate of drug-likeness (QED) is 0.504. The van der Waals surface area contributed by atoms with Gasteiger partial charge in [0.2, 0.25) is 5.75 Å². The molecule has 0 fully saturated rings. The lowest BCUT2D eigenvalue weighted by molar-refractivity contribution is -0.0526. The molecule has 0 radical (unpaired) electrons. The van der Waals surface area contributed by atoms with E-state index < -0.39 is 12.5 Å². The lowest BCUT2D eigenvalue weighted by Crippen LogP contribution is -2.17. The molecule has 2 rings (SSSR count). The van der Waals surface area contributed by atoms with Gasteiger partial charge in [-0.15, -0.1) is 0 Å². The van der Waals surface area contributed by atoms with E-state index in [-0.39, 0.29) is 23.4 Å². The first-order valence-electron chi connectivity index (χ1n) is 8.65. The lowest BCUT2D eigenvalue weighted by Gasteiger charge is -2.14. The minimum atomic E-state index is -3.03. The number of benzene rings is 2. The number of methoxy groups -OCH3 is 2. The van der Waals surface area contributed by atoms with E-state index in [0.29, 0.717) is 16.9 Å². The van der Waals surface area contributed by atoms with Crippen molar-refractivity contribution in [2.24, 2.45) is 5.10 Å². The summed E-state index contributed by atoms with van der Waals surface area (Å²) in [5, 5.41) is 3.87. The first-order valence-corrected chi connectivity index (χ1v) is 8.65. The summed E-state index contributed by atoms with van der Waals surface area (Å²) >= 11 is 0. The number of nitrogens with zero attached hydrogens (tertiary/aromatic N) is 1. The standard InChI is InChI=1S/C20H22F2N2O5/c1-12(2)28-15-7-5-14(6-8-15)19(25)24-23-11-13-9-16(26-3)18(29-20(21)22)17(10-13)27-4/h5-12,20H,1-4H3,(H,24,25)/b23-11-. The maximum absolute atomic E-state index is 12.6. The summed E-state index contributed by atoms with van der Waals surface area (Å²) in [5.41, 5.74) is 3.23. The van der Waals surface area contributed by atoms with Crippen molar-refractivity contribution in [2.75, 3.05) is 14.2 Å². The Balaban J connectivity index is 2.10. The van der Waals surface area contributed by atoms with Crippen LogP contribution in [-0.4, -0.2) is 39.1 Å². The normalized spacial score (nSPS) is 11.0. The highest BCUT2D eigenvalue weighted by molar-refractivity contribution is 5.95. The minimum absolute atomic E-state index is 0.0331. The van der Waals surface area contributed by atoms with Gasteiger partial charge >= 0.3 is 6.61 Å². The van der Waals surface area contributed by atoms with Gasteiger partial charge in [0.25, 0.3) is 5.91 Å². The number of hydrogen-bond acceptors (Lipinski definition) is 6. The molecule has 29 heavy (non-hydrogen) atoms. The highest BCUT2D eigenvalue weighted by atomic mass is 19.3. The molecule has 0 atom stereocenters. The lowest BCUT2D eigenvalue weighted by atomic mass is 10.2. The van der Waals surface area contributed by atoms with Gasteiger partial charge in [0.05, 0.1) is 26.5 Å². The number of hydrogen-bond donors (Lipinski definition) is 1. The van der Waals surface area contributed by atoms with Crippen LogP contribution in [0, 0.1) is 0 Å². The Labute approximate surface area is 167 Å². The summed E-state index contributed by atoms with van der Waals surface area (Å²) in [5.74, 6) is 0.0884. The summed E-state index contributed by atoms with van der Waals surface area (Å²) in [6.07, 6.45) is 1.36. The van der Waals surface area contributed by atoms with E-state index in [1.165, 1.54) is 32.6 Å². The molecule has 0 aliphatic carbocycles. The number of nitrogens with one attached hydrogen (secondary N) is 1. The van der Waals surface area contributed by atoms with Crippen molar-refractivity contribution in [3.05, 3.63) is 47.5 Å². The van der Waals surface area contributed by atoms with Crippen LogP contribution in [0.15, 0.2) is 41.5 Å². The van der Waals surface area contributed by atoms with Crippen LogP contribution in [0.4, 0.5) is 8.78 Å². The second-order valence-electron chi connectivity index (χ2n) is 6.02. The average molecular weight is 408 g/mol. The Morgan fingerprint density at radius 1 is 1.03 bits per heavy atom. The SMILES string of the molecule is COc1cc(/C=N\NC(=O)c2ccc(OC(C)C)cc2)cc(OC)c1OC(F)F. The predicted octanol–water partition coefficient (Wildman–Crippen LogP) is 3.86. The summed E-state index contributed by atoms with van der Waals surface area (Å²) in [7, 11) is 2.62. The number of amides is 1. The molecule has 0 bridgehead atoms. The highest BCUT2D eigenvalue weighted by Gasteiger charge is 2.17. The molecular formula is C20H22F2N2O5. The molecule has 0 aliphatic heterocycles. The molecular weight excluding hydrogens is 386 g/mol. The third-order valence-corrected chi connectivity index (χ3v) is 3.56. The fourth-order valence-corrected chi connectivity index (χ4v) is 2.37. The Bertz CT molecular complexity index is 829. The molecule has 1 N–H and O–H groups in total. The second kappa shape index (κ2) is 10.3. The van der Waals surface area contributed by atoms with Gasteiger partial charge in [-0.25, -0.2) is 5.43 Å². The molecule has 0 saturated heterocycles. The molecule has 156 valence electrons. The van der Waals surface area contributed by atoms with Crippen LogP contribution in [0.1, 0.15) is 29.8 Å². The van der Waals surface area contributed by atoms with Crippen molar-refractivity contribution in [3.8, 4) is 23.0 Å². The average Bonchev–Trinajstić information content (AvgIpc) is 2.68. The van der Waals surface area contributed by atoms with Gasteiger partial charge in [0, 0.05) is 11.1 Å². The Morgan fingerprint density at radius 2 is 1.62 bits per heavy atom. The number of carbonyl (C=O) groups is 1. The number of ether oxygens (including phenoxy) is 4. The van der Waals surface area contributed by atoms with Crippen molar-refractivity contribution in [1.29, 1.82) is 0 Å². The van der Waals surface area contributed by atoms with Crippen molar-refractivity contribution < 1.29 is 32.5 Å². The molecule has 2 aromatic rings. The number of carbonyl (C=O) groups excluding carboxylic acids is 1. The smallest absolute Gasteiger partial charge is 0.387 e. The number of rotatable bonds is 9. The Kier molecular flexibility index (Phi) is 7.76. The van der Waals surface area contributed by atoms with E-state index >= 15 is 0 Å². The zero-order valence-corrected chi connectivity index (χ0v) is 16.4. The van der Waals surface area contributed by atoms with Crippen LogP contribution in [-0.2, 0) is 0 Å². The zero-order chi connectivity index (χ0) is 21.4. The molecule has 0 saturated carbocycles. The van der Waals surface area contributed by atoms with Crippen LogP contribution in [0.3, 0.4) is 0 Å². The van der Waals surface area contributed by atoms with Gasteiger partial charge in [-0.1, -0.05) is 0 Å². The number of hydrazone groups is 1. The summed E-state index contributed by atoms with van der Waals surface area (Å²) in [6.45, 7) is 0.783. The molecule has 7 nitrogen and oxygen atoms in total. The Morgan fingerprint density at radius 3 is 2.10 bits per heavy atom. The summed E-state index contributed by atoms with van der Waals surface area (Å²) in [4.78, 5) is 12.2. The fraction of sp³-hybridized carbons (Fsp3) is 0.300. The Hall–Kier alpha value is -3.36. The molecule has 0 unspecified atom stereocenters. The minimum Gasteiger partial charge on any atom is -0.493 e. The van der Waals surface area contributed by atoms with Gasteiger partial charge < -0.3 is 18.9 Å². The van der Waals surface area contributed by atoms with Crippen LogP contribution in [0.25, 0.3) is 0 Å². The van der Waals surface area contributed by atoms with Crippen molar-refractivity contribution in [2.45, 2.75) is 26.6 Å². The molecule has 0 aromatic heterocycles. The van der Waals surface area contributed by atoms with E-state index in [1.807, 2.05) is 13.8 Å². The van der Waals surface area contributed by atoms with Gasteiger partial charge in [0.15, 0.2) is 11.5 Å². The maximum atomic E-state index is 12.6. The predicted molar refractivity (Wildman–Crippen MR) is 103 cm³/mol. The molecule has 0 spiro atoms. The van der Waals surface area contributed by atoms with Crippen LogP contribution in [0.2, 0.25) is 0 Å². The van der Waals surface area contributed by atoms with Crippen LogP contribution >= 0.6 is 0 Å². The van der Waals surface area contributed by atoms with Crippen LogP contribution < -0.4 is 24.4 Å². The molecule has 2 aromatic carbocycles. The number of alkyl halides is 2. The van der Waals surface area contributed by atoms with Crippen molar-refractivity contribution in [3.63, 3.8) is 0 Å². The van der Waals surface area contributed by atoms with E-state index in [4.69, 9.17) is 14.2 Å². The highest BCUT2D eigenvalue weighted by Crippen LogP contribution is 2.39. The molecule has 0 heterocycles.